The molecule has 0 spiro atoms. The summed E-state index contributed by atoms with van der Waals surface area (Å²) < 4.78 is 0. The lowest BCUT2D eigenvalue weighted by Crippen LogP contribution is -2.18. The summed E-state index contributed by atoms with van der Waals surface area (Å²) in [5, 5.41) is 0. The van der Waals surface area contributed by atoms with Crippen LogP contribution in [0.5, 0.6) is 0 Å². The summed E-state index contributed by atoms with van der Waals surface area (Å²) in [5.74, 6) is 0. The molecule has 0 aromatic heterocycles. The van der Waals surface area contributed by atoms with Crippen LogP contribution >= 0.6 is 0 Å². The average molecular weight is 149 g/mol. The van der Waals surface area contributed by atoms with Crippen molar-refractivity contribution < 1.29 is 0 Å². The Labute approximate surface area is 68.2 Å². The molecule has 0 radical (unpaired) electrons. The maximum atomic E-state index is 4.56. The molecule has 1 heteroatoms. The van der Waals surface area contributed by atoms with Crippen molar-refractivity contribution in [2.45, 2.75) is 33.1 Å². The summed E-state index contributed by atoms with van der Waals surface area (Å²) >= 11 is 0. The topological polar surface area (TPSA) is 12.4 Å². The standard InChI is InChI=1S/C10H15N/c1-10(2)7-11-9-6-4-3-5-8(9)10/h5H,3-4,6-7H2,1-2H3. The summed E-state index contributed by atoms with van der Waals surface area (Å²) in [6.07, 6.45) is 6.17. The van der Waals surface area contributed by atoms with Crippen LogP contribution in [0, 0.1) is 5.41 Å². The van der Waals surface area contributed by atoms with Crippen LogP contribution < -0.4 is 0 Å². The van der Waals surface area contributed by atoms with E-state index in [1.165, 1.54) is 30.5 Å². The van der Waals surface area contributed by atoms with Gasteiger partial charge in [-0.15, -0.1) is 0 Å². The molecule has 0 saturated carbocycles. The van der Waals surface area contributed by atoms with Crippen molar-refractivity contribution in [3.05, 3.63) is 11.6 Å². The van der Waals surface area contributed by atoms with Gasteiger partial charge in [0.2, 0.25) is 0 Å². The van der Waals surface area contributed by atoms with Crippen molar-refractivity contribution in [2.24, 2.45) is 10.4 Å². The lowest BCUT2D eigenvalue weighted by atomic mass is 9.80. The van der Waals surface area contributed by atoms with Crippen LogP contribution in [-0.2, 0) is 0 Å². The van der Waals surface area contributed by atoms with E-state index in [1.807, 2.05) is 0 Å². The van der Waals surface area contributed by atoms with Crippen LogP contribution in [0.2, 0.25) is 0 Å². The molecular weight excluding hydrogens is 134 g/mol. The zero-order valence-electron chi connectivity index (χ0n) is 7.35. The number of hydrogen-bond acceptors (Lipinski definition) is 1. The van der Waals surface area contributed by atoms with Crippen LogP contribution in [0.25, 0.3) is 0 Å². The molecule has 0 saturated heterocycles. The highest BCUT2D eigenvalue weighted by Gasteiger charge is 2.32. The fourth-order valence-corrected chi connectivity index (χ4v) is 1.98. The van der Waals surface area contributed by atoms with Gasteiger partial charge in [-0.2, -0.15) is 0 Å². The molecular formula is C10H15N. The fraction of sp³-hybridized carbons (Fsp3) is 0.700. The SMILES string of the molecule is CC1(C)CN=C2CCCC=C21. The van der Waals surface area contributed by atoms with Gasteiger partial charge in [0, 0.05) is 17.7 Å². The van der Waals surface area contributed by atoms with E-state index < -0.39 is 0 Å². The maximum absolute atomic E-state index is 4.56. The van der Waals surface area contributed by atoms with E-state index in [-0.39, 0.29) is 0 Å². The third kappa shape index (κ3) is 1.03. The second-order valence-electron chi connectivity index (χ2n) is 4.16. The molecule has 2 aliphatic rings. The van der Waals surface area contributed by atoms with Crippen molar-refractivity contribution >= 4 is 5.71 Å². The van der Waals surface area contributed by atoms with Gasteiger partial charge in [0.15, 0.2) is 0 Å². The van der Waals surface area contributed by atoms with Gasteiger partial charge in [0.1, 0.15) is 0 Å². The number of allylic oxidation sites excluding steroid dienone is 1. The Morgan fingerprint density at radius 2 is 2.27 bits per heavy atom. The van der Waals surface area contributed by atoms with Crippen molar-refractivity contribution in [3.63, 3.8) is 0 Å². The molecule has 0 amide bonds. The van der Waals surface area contributed by atoms with Crippen molar-refractivity contribution in [3.8, 4) is 0 Å². The minimum atomic E-state index is 0.343. The molecule has 0 aromatic carbocycles. The van der Waals surface area contributed by atoms with Crippen LogP contribution in [-0.4, -0.2) is 12.3 Å². The molecule has 0 atom stereocenters. The predicted octanol–water partition coefficient (Wildman–Crippen LogP) is 2.58. The highest BCUT2D eigenvalue weighted by atomic mass is 14.8. The summed E-state index contributed by atoms with van der Waals surface area (Å²) in [7, 11) is 0. The first-order valence-corrected chi connectivity index (χ1v) is 4.44. The normalized spacial score (nSPS) is 27.5. The molecule has 0 bridgehead atoms. The van der Waals surface area contributed by atoms with E-state index in [0.717, 1.165) is 6.54 Å². The zero-order valence-corrected chi connectivity index (χ0v) is 7.35. The molecule has 2 rings (SSSR count). The van der Waals surface area contributed by atoms with Gasteiger partial charge in [0.05, 0.1) is 0 Å². The molecule has 0 fully saturated rings. The molecule has 1 nitrogen and oxygen atoms in total. The van der Waals surface area contributed by atoms with Crippen LogP contribution in [0.4, 0.5) is 0 Å². The first-order chi connectivity index (χ1) is 5.20. The molecule has 1 heterocycles. The number of fused-ring (bicyclic) bond motifs is 1. The van der Waals surface area contributed by atoms with Crippen LogP contribution in [0.3, 0.4) is 0 Å². The molecule has 0 unspecified atom stereocenters. The van der Waals surface area contributed by atoms with Crippen molar-refractivity contribution in [1.29, 1.82) is 0 Å². The smallest absolute Gasteiger partial charge is 0.0484 e. The summed E-state index contributed by atoms with van der Waals surface area (Å²) in [6.45, 7) is 5.59. The predicted molar refractivity (Wildman–Crippen MR) is 48.0 cm³/mol. The maximum Gasteiger partial charge on any atom is 0.0484 e. The minimum absolute atomic E-state index is 0.343. The first kappa shape index (κ1) is 7.08. The number of rotatable bonds is 0. The largest absolute Gasteiger partial charge is 0.289 e. The monoisotopic (exact) mass is 149 g/mol. The lowest BCUT2D eigenvalue weighted by molar-refractivity contribution is 0.496. The molecule has 1 aliphatic heterocycles. The van der Waals surface area contributed by atoms with Gasteiger partial charge in [-0.05, 0) is 24.8 Å². The van der Waals surface area contributed by atoms with E-state index in [4.69, 9.17) is 0 Å². The Morgan fingerprint density at radius 3 is 3.00 bits per heavy atom. The highest BCUT2D eigenvalue weighted by Crippen LogP contribution is 2.37. The van der Waals surface area contributed by atoms with Gasteiger partial charge < -0.3 is 0 Å². The molecule has 0 aromatic rings. The third-order valence-corrected chi connectivity index (χ3v) is 2.67. The van der Waals surface area contributed by atoms with Gasteiger partial charge in [-0.1, -0.05) is 19.9 Å². The van der Waals surface area contributed by atoms with E-state index in [1.54, 1.807) is 0 Å². The Bertz CT molecular complexity index is 233. The Balaban J connectivity index is 2.36. The van der Waals surface area contributed by atoms with E-state index in [9.17, 15) is 0 Å². The summed E-state index contributed by atoms with van der Waals surface area (Å²) in [6, 6.07) is 0. The Morgan fingerprint density at radius 1 is 1.45 bits per heavy atom. The quantitative estimate of drug-likeness (QED) is 0.502. The third-order valence-electron chi connectivity index (χ3n) is 2.67. The molecule has 0 N–H and O–H groups in total. The molecule has 1 aliphatic carbocycles. The average Bonchev–Trinajstić information content (AvgIpc) is 2.29. The second kappa shape index (κ2) is 2.20. The van der Waals surface area contributed by atoms with Gasteiger partial charge in [0.25, 0.3) is 0 Å². The van der Waals surface area contributed by atoms with Gasteiger partial charge >= 0.3 is 0 Å². The van der Waals surface area contributed by atoms with Crippen LogP contribution in [0.1, 0.15) is 33.1 Å². The summed E-state index contributed by atoms with van der Waals surface area (Å²) in [4.78, 5) is 4.56. The van der Waals surface area contributed by atoms with E-state index in [2.05, 4.69) is 24.9 Å². The number of hydrogen-bond donors (Lipinski definition) is 0. The molecule has 11 heavy (non-hydrogen) atoms. The Hall–Kier alpha value is -0.590. The minimum Gasteiger partial charge on any atom is -0.289 e. The van der Waals surface area contributed by atoms with E-state index in [0.29, 0.717) is 5.41 Å². The fourth-order valence-electron chi connectivity index (χ4n) is 1.98. The highest BCUT2D eigenvalue weighted by molar-refractivity contribution is 6.03. The van der Waals surface area contributed by atoms with Gasteiger partial charge in [-0.3, -0.25) is 4.99 Å². The van der Waals surface area contributed by atoms with Crippen molar-refractivity contribution in [2.75, 3.05) is 6.54 Å². The Kier molecular flexibility index (Phi) is 1.41. The number of aliphatic imine (C=N–C) groups is 1. The summed E-state index contributed by atoms with van der Waals surface area (Å²) in [5.41, 5.74) is 3.26. The van der Waals surface area contributed by atoms with Crippen LogP contribution in [0.15, 0.2) is 16.6 Å². The second-order valence-corrected chi connectivity index (χ2v) is 4.16. The zero-order chi connectivity index (χ0) is 7.90. The molecule has 60 valence electrons. The number of nitrogens with zero attached hydrogens (tertiary/aromatic N) is 1. The van der Waals surface area contributed by atoms with E-state index >= 15 is 0 Å². The first-order valence-electron chi connectivity index (χ1n) is 4.44. The van der Waals surface area contributed by atoms with Gasteiger partial charge in [-0.25, -0.2) is 0 Å². The van der Waals surface area contributed by atoms with Crippen molar-refractivity contribution in [1.82, 2.24) is 0 Å². The lowest BCUT2D eigenvalue weighted by Gasteiger charge is -2.22.